The molecule has 5 N–H and O–H groups in total. The molecule has 1 aliphatic rings. The number of nitrogens with two attached hydrogens (primary N) is 1. The molecule has 2 atom stereocenters. The number of ether oxygens (including phenoxy) is 3. The minimum Gasteiger partial charge on any atom is -0.486 e. The Balaban J connectivity index is 1.10. The quantitative estimate of drug-likeness (QED) is 0.0731. The van der Waals surface area contributed by atoms with Gasteiger partial charge in [0.25, 0.3) is 5.91 Å². The number of carbonyl (C=O) groups is 3. The van der Waals surface area contributed by atoms with Gasteiger partial charge in [0.1, 0.15) is 23.0 Å². The molecule has 16 heteroatoms. The number of aryl methyl sites for hydroxylation is 3. The average molecular weight is 863 g/mol. The maximum atomic E-state index is 12.5. The molecule has 0 radical (unpaired) electrons. The summed E-state index contributed by atoms with van der Waals surface area (Å²) in [5.41, 5.74) is 10.3. The normalized spacial score (nSPS) is 15.0. The van der Waals surface area contributed by atoms with Crippen molar-refractivity contribution >= 4 is 51.6 Å². The number of aromatic nitrogens is 4. The molecule has 2 aromatic heterocycles. The number of fused-ring (bicyclic) bond motifs is 1. The maximum absolute atomic E-state index is 12.5. The van der Waals surface area contributed by atoms with Gasteiger partial charge in [-0.25, -0.2) is 9.97 Å². The molecule has 15 nitrogen and oxygen atoms in total. The standard InChI is InChI=1S/C45H64ClN9O6/c1-29(54-20-23-59-24-21-54)27-55-37-12-11-34(42(31(3)47)32(4)56)26-36(37)51-40(55)14-10-33-9-13-38(35(46)25-33)61-45(5,6)17-22-60-30(2)15-18-49-41(57)16-19-50-44(58)43-52-39(48-7)28-53(43)8/h9,11-13,25-26,28-30,48H,10,14-24,27,47H2,1-8H3,(H,49,57)(H,50,58). The van der Waals surface area contributed by atoms with Gasteiger partial charge in [0.2, 0.25) is 11.7 Å². The third-order valence-corrected chi connectivity index (χ3v) is 11.2. The number of Topliss-reactive ketones (excluding diaryl/α,β-unsaturated/α-hetero) is 1. The van der Waals surface area contributed by atoms with E-state index in [1.807, 2.05) is 57.2 Å². The molecule has 4 aromatic rings. The molecule has 0 bridgehead atoms. The van der Waals surface area contributed by atoms with Gasteiger partial charge in [-0.3, -0.25) is 19.3 Å². The number of nitrogens with one attached hydrogen (secondary N) is 3. The lowest BCUT2D eigenvalue weighted by molar-refractivity contribution is -0.121. The molecule has 1 saturated heterocycles. The molecule has 0 spiro atoms. The van der Waals surface area contributed by atoms with E-state index in [1.54, 1.807) is 31.8 Å². The monoisotopic (exact) mass is 861 g/mol. The molecule has 2 amide bonds. The number of allylic oxidation sites excluding steroid dienone is 2. The van der Waals surface area contributed by atoms with Crippen LogP contribution < -0.4 is 26.4 Å². The summed E-state index contributed by atoms with van der Waals surface area (Å²) in [6.07, 6.45) is 4.49. The second-order valence-corrected chi connectivity index (χ2v) is 16.9. The van der Waals surface area contributed by atoms with Crippen LogP contribution in [-0.4, -0.2) is 112 Å². The number of anilines is 1. The van der Waals surface area contributed by atoms with Crippen LogP contribution in [-0.2, 0) is 45.5 Å². The summed E-state index contributed by atoms with van der Waals surface area (Å²) in [6.45, 7) is 16.7. The van der Waals surface area contributed by atoms with Crippen LogP contribution >= 0.6 is 11.6 Å². The van der Waals surface area contributed by atoms with Crippen molar-refractivity contribution < 1.29 is 28.6 Å². The Morgan fingerprint density at radius 3 is 2.44 bits per heavy atom. The summed E-state index contributed by atoms with van der Waals surface area (Å²) in [6, 6.07) is 12.2. The minimum absolute atomic E-state index is 0.0749. The van der Waals surface area contributed by atoms with Crippen molar-refractivity contribution in [1.82, 2.24) is 34.6 Å². The maximum Gasteiger partial charge on any atom is 0.287 e. The summed E-state index contributed by atoms with van der Waals surface area (Å²) >= 11 is 6.82. The molecule has 61 heavy (non-hydrogen) atoms. The van der Waals surface area contributed by atoms with Gasteiger partial charge in [-0.05, 0) is 89.8 Å². The number of amides is 2. The number of halogens is 1. The summed E-state index contributed by atoms with van der Waals surface area (Å²) in [4.78, 5) is 49.0. The fraction of sp³-hybridized carbons (Fsp3) is 0.533. The van der Waals surface area contributed by atoms with E-state index in [2.05, 4.69) is 37.3 Å². The molecule has 2 aromatic carbocycles. The topological polar surface area (TPSA) is 180 Å². The van der Waals surface area contributed by atoms with Gasteiger partial charge in [-0.15, -0.1) is 0 Å². The van der Waals surface area contributed by atoms with E-state index in [4.69, 9.17) is 36.5 Å². The van der Waals surface area contributed by atoms with E-state index in [0.29, 0.717) is 60.3 Å². The van der Waals surface area contributed by atoms with E-state index < -0.39 is 5.60 Å². The first-order chi connectivity index (χ1) is 29.0. The van der Waals surface area contributed by atoms with Gasteiger partial charge in [0, 0.05) is 89.6 Å². The number of rotatable bonds is 22. The summed E-state index contributed by atoms with van der Waals surface area (Å²) < 4.78 is 22.0. The molecular formula is C45H64ClN9O6. The number of carbonyl (C=O) groups excluding carboxylic acids is 3. The van der Waals surface area contributed by atoms with Crippen molar-refractivity contribution in [1.29, 1.82) is 0 Å². The van der Waals surface area contributed by atoms with Gasteiger partial charge in [-0.2, -0.15) is 0 Å². The Kier molecular flexibility index (Phi) is 16.8. The second-order valence-electron chi connectivity index (χ2n) is 16.5. The molecule has 2 unspecified atom stereocenters. The Morgan fingerprint density at radius 1 is 1.02 bits per heavy atom. The van der Waals surface area contributed by atoms with E-state index in [1.165, 1.54) is 6.92 Å². The lowest BCUT2D eigenvalue weighted by Crippen LogP contribution is -2.44. The fourth-order valence-electron chi connectivity index (χ4n) is 7.48. The van der Waals surface area contributed by atoms with Gasteiger partial charge in [0.15, 0.2) is 5.78 Å². The Bertz CT molecular complexity index is 2170. The van der Waals surface area contributed by atoms with Gasteiger partial charge < -0.3 is 45.0 Å². The number of morpholine rings is 1. The summed E-state index contributed by atoms with van der Waals surface area (Å²) in [7, 11) is 3.47. The van der Waals surface area contributed by atoms with Crippen LogP contribution in [0.5, 0.6) is 5.75 Å². The number of imidazole rings is 2. The Hall–Kier alpha value is -4.96. The van der Waals surface area contributed by atoms with Crippen LogP contribution in [0.4, 0.5) is 5.82 Å². The molecule has 5 rings (SSSR count). The number of ketones is 1. The van der Waals surface area contributed by atoms with Crippen LogP contribution in [0.2, 0.25) is 5.02 Å². The van der Waals surface area contributed by atoms with E-state index in [0.717, 1.165) is 67.3 Å². The van der Waals surface area contributed by atoms with Crippen LogP contribution in [0.1, 0.15) is 88.4 Å². The number of nitrogens with zero attached hydrogens (tertiary/aromatic N) is 5. The highest BCUT2D eigenvalue weighted by Gasteiger charge is 2.24. The smallest absolute Gasteiger partial charge is 0.287 e. The molecule has 0 saturated carbocycles. The van der Waals surface area contributed by atoms with Crippen LogP contribution in [0.3, 0.4) is 0 Å². The highest BCUT2D eigenvalue weighted by molar-refractivity contribution is 6.32. The predicted molar refractivity (Wildman–Crippen MR) is 240 cm³/mol. The van der Waals surface area contributed by atoms with Crippen molar-refractivity contribution in [2.45, 2.75) is 97.9 Å². The first-order valence-electron chi connectivity index (χ1n) is 21.2. The third kappa shape index (κ3) is 13.3. The molecular weight excluding hydrogens is 798 g/mol. The van der Waals surface area contributed by atoms with Crippen molar-refractivity contribution in [3.63, 3.8) is 0 Å². The lowest BCUT2D eigenvalue weighted by atomic mass is 10.0. The van der Waals surface area contributed by atoms with E-state index in [-0.39, 0.29) is 48.5 Å². The predicted octanol–water partition coefficient (Wildman–Crippen LogP) is 5.53. The molecule has 0 aliphatic carbocycles. The SMILES string of the molecule is CNc1cn(C)c(C(=O)NCCC(=O)NCCC(C)OCCC(C)(C)Oc2ccc(CCc3nc4cc(C(C(C)=O)=C(C)N)ccc4n3CC(C)N3CCOCC3)cc2Cl)n1. The Morgan fingerprint density at radius 2 is 1.77 bits per heavy atom. The highest BCUT2D eigenvalue weighted by Crippen LogP contribution is 2.31. The van der Waals surface area contributed by atoms with Crippen molar-refractivity contribution in [3.8, 4) is 5.75 Å². The summed E-state index contributed by atoms with van der Waals surface area (Å²) in [5.74, 6) is 1.88. The molecule has 1 fully saturated rings. The second kappa shape index (κ2) is 21.7. The van der Waals surface area contributed by atoms with Gasteiger partial charge in [-0.1, -0.05) is 23.7 Å². The zero-order valence-corrected chi connectivity index (χ0v) is 37.8. The lowest BCUT2D eigenvalue weighted by Gasteiger charge is -2.32. The highest BCUT2D eigenvalue weighted by atomic mass is 35.5. The fourth-order valence-corrected chi connectivity index (χ4v) is 7.72. The Labute approximate surface area is 364 Å². The first-order valence-corrected chi connectivity index (χ1v) is 21.6. The van der Waals surface area contributed by atoms with Gasteiger partial charge in [0.05, 0.1) is 42.0 Å². The molecule has 332 valence electrons. The van der Waals surface area contributed by atoms with Crippen molar-refractivity contribution in [2.24, 2.45) is 12.8 Å². The van der Waals surface area contributed by atoms with Crippen LogP contribution in [0.15, 0.2) is 48.3 Å². The van der Waals surface area contributed by atoms with Gasteiger partial charge >= 0.3 is 0 Å². The zero-order chi connectivity index (χ0) is 44.3. The van der Waals surface area contributed by atoms with Crippen LogP contribution in [0.25, 0.3) is 16.6 Å². The van der Waals surface area contributed by atoms with Crippen molar-refractivity contribution in [2.75, 3.05) is 58.4 Å². The number of hydrogen-bond acceptors (Lipinski definition) is 11. The van der Waals surface area contributed by atoms with Crippen molar-refractivity contribution in [3.05, 3.63) is 76.1 Å². The number of hydrogen-bond donors (Lipinski definition) is 4. The minimum atomic E-state index is -0.548. The average Bonchev–Trinajstić information content (AvgIpc) is 3.76. The van der Waals surface area contributed by atoms with E-state index >= 15 is 0 Å². The molecule has 1 aliphatic heterocycles. The summed E-state index contributed by atoms with van der Waals surface area (Å²) in [5, 5.41) is 9.07. The van der Waals surface area contributed by atoms with Crippen LogP contribution in [0, 0.1) is 0 Å². The zero-order valence-electron chi connectivity index (χ0n) is 37.0. The first kappa shape index (κ1) is 47.1. The molecule has 3 heterocycles. The third-order valence-electron chi connectivity index (χ3n) is 11.0. The number of benzene rings is 2. The van der Waals surface area contributed by atoms with E-state index in [9.17, 15) is 14.4 Å². The largest absolute Gasteiger partial charge is 0.486 e.